The third-order valence-electron chi connectivity index (χ3n) is 2.84. The van der Waals surface area contributed by atoms with Crippen LogP contribution in [0, 0.1) is 0 Å². The van der Waals surface area contributed by atoms with Crippen LogP contribution in [0.5, 0.6) is 5.75 Å². The number of methoxy groups -OCH3 is 1. The molecule has 1 aromatic rings. The van der Waals surface area contributed by atoms with Gasteiger partial charge in [-0.25, -0.2) is 0 Å². The lowest BCUT2D eigenvalue weighted by Gasteiger charge is -2.10. The first-order valence-corrected chi connectivity index (χ1v) is 6.49. The van der Waals surface area contributed by atoms with E-state index in [0.29, 0.717) is 25.1 Å². The van der Waals surface area contributed by atoms with Gasteiger partial charge in [0.25, 0.3) is 0 Å². The van der Waals surface area contributed by atoms with Gasteiger partial charge < -0.3 is 16.2 Å². The molecule has 0 saturated heterocycles. The van der Waals surface area contributed by atoms with Crippen molar-refractivity contribution in [2.24, 2.45) is 11.5 Å². The molecule has 6 heteroatoms. The molecule has 5 N–H and O–H groups in total. The molecule has 0 aliphatic rings. The standard InChI is InChI=1S/C14H21N3O3/c1-20-11-6-4-10(5-7-11)9-13(18)17-14(19)12(16)3-2-8-15/h4-7,12H,2-3,8-9,15-16H2,1H3,(H,17,18,19). The Bertz CT molecular complexity index is 445. The van der Waals surface area contributed by atoms with Crippen LogP contribution in [0.25, 0.3) is 0 Å². The van der Waals surface area contributed by atoms with Crippen LogP contribution in [0.2, 0.25) is 0 Å². The van der Waals surface area contributed by atoms with E-state index in [9.17, 15) is 9.59 Å². The second-order valence-corrected chi connectivity index (χ2v) is 4.47. The van der Waals surface area contributed by atoms with Crippen molar-refractivity contribution in [3.8, 4) is 5.75 Å². The lowest BCUT2D eigenvalue weighted by atomic mass is 10.1. The van der Waals surface area contributed by atoms with Gasteiger partial charge >= 0.3 is 0 Å². The van der Waals surface area contributed by atoms with Gasteiger partial charge in [-0.2, -0.15) is 0 Å². The Morgan fingerprint density at radius 2 is 1.95 bits per heavy atom. The van der Waals surface area contributed by atoms with Gasteiger partial charge in [0, 0.05) is 0 Å². The van der Waals surface area contributed by atoms with E-state index >= 15 is 0 Å². The van der Waals surface area contributed by atoms with Gasteiger partial charge in [-0.15, -0.1) is 0 Å². The van der Waals surface area contributed by atoms with Crippen molar-refractivity contribution >= 4 is 11.8 Å². The van der Waals surface area contributed by atoms with E-state index in [4.69, 9.17) is 16.2 Å². The van der Waals surface area contributed by atoms with Gasteiger partial charge in [-0.1, -0.05) is 12.1 Å². The maximum Gasteiger partial charge on any atom is 0.243 e. The van der Waals surface area contributed by atoms with Crippen LogP contribution in [-0.4, -0.2) is 31.5 Å². The van der Waals surface area contributed by atoms with Crippen LogP contribution in [-0.2, 0) is 16.0 Å². The number of imide groups is 1. The van der Waals surface area contributed by atoms with Crippen molar-refractivity contribution in [2.75, 3.05) is 13.7 Å². The molecule has 1 atom stereocenters. The first kappa shape index (κ1) is 16.1. The number of nitrogens with two attached hydrogens (primary N) is 2. The highest BCUT2D eigenvalue weighted by molar-refractivity contribution is 5.98. The second kappa shape index (κ2) is 8.29. The summed E-state index contributed by atoms with van der Waals surface area (Å²) in [5, 5.41) is 2.29. The summed E-state index contributed by atoms with van der Waals surface area (Å²) >= 11 is 0. The van der Waals surface area contributed by atoms with Crippen LogP contribution in [0.4, 0.5) is 0 Å². The lowest BCUT2D eigenvalue weighted by molar-refractivity contribution is -0.130. The van der Waals surface area contributed by atoms with Crippen LogP contribution in [0.15, 0.2) is 24.3 Å². The molecule has 1 rings (SSSR count). The molecule has 6 nitrogen and oxygen atoms in total. The number of ether oxygens (including phenoxy) is 1. The predicted molar refractivity (Wildman–Crippen MR) is 76.1 cm³/mol. The van der Waals surface area contributed by atoms with Gasteiger partial charge in [0.2, 0.25) is 11.8 Å². The highest BCUT2D eigenvalue weighted by atomic mass is 16.5. The molecule has 1 unspecified atom stereocenters. The number of rotatable bonds is 7. The molecule has 2 amide bonds. The number of carbonyl (C=O) groups excluding carboxylic acids is 2. The Hall–Kier alpha value is -1.92. The molecule has 0 fully saturated rings. The minimum Gasteiger partial charge on any atom is -0.497 e. The molecule has 0 aliphatic heterocycles. The predicted octanol–water partition coefficient (Wildman–Crippen LogP) is -0.0533. The lowest BCUT2D eigenvalue weighted by Crippen LogP contribution is -2.44. The number of carbonyl (C=O) groups is 2. The summed E-state index contributed by atoms with van der Waals surface area (Å²) in [4.78, 5) is 23.3. The minimum absolute atomic E-state index is 0.124. The summed E-state index contributed by atoms with van der Waals surface area (Å²) in [6.07, 6.45) is 1.25. The van der Waals surface area contributed by atoms with Crippen LogP contribution >= 0.6 is 0 Å². The molecule has 0 bridgehead atoms. The Balaban J connectivity index is 2.44. The molecule has 0 aliphatic carbocycles. The maximum atomic E-state index is 11.7. The van der Waals surface area contributed by atoms with Crippen LogP contribution in [0.3, 0.4) is 0 Å². The highest BCUT2D eigenvalue weighted by Crippen LogP contribution is 2.11. The fourth-order valence-corrected chi connectivity index (χ4v) is 1.67. The average molecular weight is 279 g/mol. The maximum absolute atomic E-state index is 11.7. The third-order valence-corrected chi connectivity index (χ3v) is 2.84. The Morgan fingerprint density at radius 3 is 2.50 bits per heavy atom. The van der Waals surface area contributed by atoms with Crippen molar-refractivity contribution in [3.63, 3.8) is 0 Å². The number of hydrogen-bond donors (Lipinski definition) is 3. The molecule has 0 radical (unpaired) electrons. The summed E-state index contributed by atoms with van der Waals surface area (Å²) in [6, 6.07) is 6.38. The molecule has 110 valence electrons. The summed E-state index contributed by atoms with van der Waals surface area (Å²) in [7, 11) is 1.57. The molecule has 0 heterocycles. The SMILES string of the molecule is COc1ccc(CC(=O)NC(=O)C(N)CCCN)cc1. The van der Waals surface area contributed by atoms with Gasteiger partial charge in [-0.3, -0.25) is 14.9 Å². The highest BCUT2D eigenvalue weighted by Gasteiger charge is 2.15. The average Bonchev–Trinajstić information content (AvgIpc) is 2.45. The van der Waals surface area contributed by atoms with Gasteiger partial charge in [0.1, 0.15) is 5.75 Å². The third kappa shape index (κ3) is 5.38. The quantitative estimate of drug-likeness (QED) is 0.648. The van der Waals surface area contributed by atoms with Crippen molar-refractivity contribution in [1.82, 2.24) is 5.32 Å². The molecule has 0 saturated carbocycles. The first-order valence-electron chi connectivity index (χ1n) is 6.49. The summed E-state index contributed by atoms with van der Waals surface area (Å²) in [5.41, 5.74) is 11.8. The zero-order chi connectivity index (χ0) is 15.0. The van der Waals surface area contributed by atoms with Crippen molar-refractivity contribution in [3.05, 3.63) is 29.8 Å². The number of amides is 2. The van der Waals surface area contributed by atoms with Crippen molar-refractivity contribution < 1.29 is 14.3 Å². The first-order chi connectivity index (χ1) is 9.56. The van der Waals surface area contributed by atoms with E-state index in [1.54, 1.807) is 31.4 Å². The molecule has 1 aromatic carbocycles. The van der Waals surface area contributed by atoms with E-state index in [-0.39, 0.29) is 12.3 Å². The van der Waals surface area contributed by atoms with Crippen molar-refractivity contribution in [2.45, 2.75) is 25.3 Å². The molecule has 0 spiro atoms. The molecular formula is C14H21N3O3. The van der Waals surface area contributed by atoms with Crippen molar-refractivity contribution in [1.29, 1.82) is 0 Å². The molecule has 0 aromatic heterocycles. The molecular weight excluding hydrogens is 258 g/mol. The minimum atomic E-state index is -0.696. The number of hydrogen-bond acceptors (Lipinski definition) is 5. The Kier molecular flexibility index (Phi) is 6.69. The monoisotopic (exact) mass is 279 g/mol. The van der Waals surface area contributed by atoms with E-state index in [1.165, 1.54) is 0 Å². The topological polar surface area (TPSA) is 107 Å². The van der Waals surface area contributed by atoms with Gasteiger partial charge in [-0.05, 0) is 37.1 Å². The van der Waals surface area contributed by atoms with Crippen LogP contribution < -0.4 is 21.5 Å². The van der Waals surface area contributed by atoms with E-state index in [2.05, 4.69) is 5.32 Å². The summed E-state index contributed by atoms with van der Waals surface area (Å²) < 4.78 is 5.03. The smallest absolute Gasteiger partial charge is 0.243 e. The van der Waals surface area contributed by atoms with Gasteiger partial charge in [0.05, 0.1) is 19.6 Å². The van der Waals surface area contributed by atoms with Gasteiger partial charge in [0.15, 0.2) is 0 Å². The van der Waals surface area contributed by atoms with E-state index < -0.39 is 11.9 Å². The number of benzene rings is 1. The normalized spacial score (nSPS) is 11.8. The number of nitrogens with one attached hydrogen (secondary N) is 1. The fraction of sp³-hybridized carbons (Fsp3) is 0.429. The largest absolute Gasteiger partial charge is 0.497 e. The Morgan fingerprint density at radius 1 is 1.30 bits per heavy atom. The van der Waals surface area contributed by atoms with E-state index in [0.717, 1.165) is 5.56 Å². The second-order valence-electron chi connectivity index (χ2n) is 4.47. The fourth-order valence-electron chi connectivity index (χ4n) is 1.67. The van der Waals surface area contributed by atoms with Crippen LogP contribution in [0.1, 0.15) is 18.4 Å². The zero-order valence-corrected chi connectivity index (χ0v) is 11.6. The van der Waals surface area contributed by atoms with E-state index in [1.807, 2.05) is 0 Å². The molecule has 20 heavy (non-hydrogen) atoms. The summed E-state index contributed by atoms with van der Waals surface area (Å²) in [6.45, 7) is 0.473. The summed E-state index contributed by atoms with van der Waals surface area (Å²) in [5.74, 6) is -0.116. The Labute approximate surface area is 118 Å². The zero-order valence-electron chi connectivity index (χ0n) is 11.6.